The molecule has 1 amide bonds. The van der Waals surface area contributed by atoms with Gasteiger partial charge < -0.3 is 10.2 Å². The Morgan fingerprint density at radius 3 is 2.17 bits per heavy atom. The Kier molecular flexibility index (Phi) is 3.35. The van der Waals surface area contributed by atoms with Crippen molar-refractivity contribution in [3.8, 4) is 0 Å². The van der Waals surface area contributed by atoms with Gasteiger partial charge in [0.1, 0.15) is 0 Å². The van der Waals surface area contributed by atoms with Crippen LogP contribution >= 0.6 is 0 Å². The normalized spacial score (nSPS) is 41.1. The van der Waals surface area contributed by atoms with Crippen LogP contribution in [0.25, 0.3) is 0 Å². The molecule has 4 aliphatic carbocycles. The summed E-state index contributed by atoms with van der Waals surface area (Å²) in [6.45, 7) is 1.47. The maximum atomic E-state index is 11.9. The largest absolute Gasteiger partial charge is 0.344 e. The van der Waals surface area contributed by atoms with Gasteiger partial charge in [0.15, 0.2) is 0 Å². The van der Waals surface area contributed by atoms with Crippen molar-refractivity contribution >= 4 is 5.91 Å². The minimum atomic E-state index is 0.242. The fourth-order valence-electron chi connectivity index (χ4n) is 5.04. The van der Waals surface area contributed by atoms with E-state index in [-0.39, 0.29) is 5.91 Å². The zero-order valence-corrected chi connectivity index (χ0v) is 11.7. The first-order valence-electron chi connectivity index (χ1n) is 7.56. The van der Waals surface area contributed by atoms with Crippen LogP contribution in [0.3, 0.4) is 0 Å². The van der Waals surface area contributed by atoms with Gasteiger partial charge in [0.25, 0.3) is 0 Å². The number of nitrogens with one attached hydrogen (secondary N) is 1. The number of hydrogen-bond acceptors (Lipinski definition) is 2. The first-order chi connectivity index (χ1) is 8.67. The minimum absolute atomic E-state index is 0.242. The van der Waals surface area contributed by atoms with Crippen LogP contribution < -0.4 is 5.32 Å². The molecule has 4 aliphatic rings. The van der Waals surface area contributed by atoms with Gasteiger partial charge >= 0.3 is 0 Å². The average Bonchev–Trinajstić information content (AvgIpc) is 2.33. The molecule has 0 radical (unpaired) electrons. The first kappa shape index (κ1) is 12.5. The number of amides is 1. The number of carbonyl (C=O) groups excluding carboxylic acids is 1. The van der Waals surface area contributed by atoms with E-state index in [1.165, 1.54) is 32.1 Å². The van der Waals surface area contributed by atoms with Crippen LogP contribution in [0.2, 0.25) is 0 Å². The third-order valence-corrected chi connectivity index (χ3v) is 5.66. The lowest BCUT2D eigenvalue weighted by Gasteiger charge is -2.55. The molecule has 4 bridgehead atoms. The van der Waals surface area contributed by atoms with Gasteiger partial charge in [0.05, 0.1) is 6.54 Å². The molecule has 0 spiro atoms. The fraction of sp³-hybridized carbons (Fsp3) is 0.933. The molecule has 0 heterocycles. The SMILES string of the molecule is CNCC(=O)N(C)CC1C2CC3CC(C2)CC1C3. The summed E-state index contributed by atoms with van der Waals surface area (Å²) in [6, 6.07) is 0. The van der Waals surface area contributed by atoms with E-state index in [0.717, 1.165) is 36.1 Å². The van der Waals surface area contributed by atoms with Crippen molar-refractivity contribution in [3.63, 3.8) is 0 Å². The van der Waals surface area contributed by atoms with Gasteiger partial charge in [-0.25, -0.2) is 0 Å². The lowest BCUT2D eigenvalue weighted by atomic mass is 9.52. The highest BCUT2D eigenvalue weighted by Gasteiger charge is 2.48. The van der Waals surface area contributed by atoms with Crippen LogP contribution in [0.1, 0.15) is 32.1 Å². The smallest absolute Gasteiger partial charge is 0.236 e. The third-order valence-electron chi connectivity index (χ3n) is 5.66. The van der Waals surface area contributed by atoms with Crippen molar-refractivity contribution in [2.24, 2.45) is 29.6 Å². The summed E-state index contributed by atoms with van der Waals surface area (Å²) in [6.07, 6.45) is 7.31. The predicted molar refractivity (Wildman–Crippen MR) is 72.1 cm³/mol. The van der Waals surface area contributed by atoms with Gasteiger partial charge in [-0.3, -0.25) is 4.79 Å². The summed E-state index contributed by atoms with van der Waals surface area (Å²) in [5, 5.41) is 2.96. The molecule has 4 saturated carbocycles. The van der Waals surface area contributed by atoms with Gasteiger partial charge in [-0.05, 0) is 68.7 Å². The third kappa shape index (κ3) is 2.18. The molecule has 3 nitrogen and oxygen atoms in total. The molecule has 4 rings (SSSR count). The standard InChI is InChI=1S/C15H26N2O/c1-16-8-15(18)17(2)9-14-12-4-10-3-11(6-12)7-13(14)5-10/h10-14,16H,3-9H2,1-2H3. The van der Waals surface area contributed by atoms with Crippen LogP contribution in [-0.4, -0.2) is 38.0 Å². The second kappa shape index (κ2) is 4.84. The number of likely N-dealkylation sites (N-methyl/N-ethyl adjacent to an activating group) is 2. The van der Waals surface area contributed by atoms with Crippen molar-refractivity contribution in [2.75, 3.05) is 27.2 Å². The highest BCUT2D eigenvalue weighted by molar-refractivity contribution is 5.77. The van der Waals surface area contributed by atoms with Crippen molar-refractivity contribution in [2.45, 2.75) is 32.1 Å². The van der Waals surface area contributed by atoms with Crippen molar-refractivity contribution < 1.29 is 4.79 Å². The number of hydrogen-bond donors (Lipinski definition) is 1. The summed E-state index contributed by atoms with van der Waals surface area (Å²) in [5.74, 6) is 4.94. The van der Waals surface area contributed by atoms with E-state index in [1.807, 2.05) is 19.0 Å². The molecule has 0 aliphatic heterocycles. The number of rotatable bonds is 4. The number of carbonyl (C=O) groups is 1. The zero-order valence-electron chi connectivity index (χ0n) is 11.7. The van der Waals surface area contributed by atoms with E-state index in [4.69, 9.17) is 0 Å². The van der Waals surface area contributed by atoms with Crippen LogP contribution in [-0.2, 0) is 4.79 Å². The minimum Gasteiger partial charge on any atom is -0.344 e. The maximum absolute atomic E-state index is 11.9. The molecule has 0 atom stereocenters. The van der Waals surface area contributed by atoms with Crippen molar-refractivity contribution in [3.05, 3.63) is 0 Å². The molecule has 102 valence electrons. The Morgan fingerprint density at radius 2 is 1.67 bits per heavy atom. The highest BCUT2D eigenvalue weighted by Crippen LogP contribution is 2.56. The summed E-state index contributed by atoms with van der Waals surface area (Å²) < 4.78 is 0. The summed E-state index contributed by atoms with van der Waals surface area (Å²) >= 11 is 0. The van der Waals surface area contributed by atoms with E-state index in [9.17, 15) is 4.79 Å². The summed E-state index contributed by atoms with van der Waals surface area (Å²) in [4.78, 5) is 13.8. The molecule has 0 aromatic heterocycles. The monoisotopic (exact) mass is 250 g/mol. The van der Waals surface area contributed by atoms with Gasteiger partial charge in [0.2, 0.25) is 5.91 Å². The molecule has 0 unspecified atom stereocenters. The number of nitrogens with zero attached hydrogens (tertiary/aromatic N) is 1. The van der Waals surface area contributed by atoms with Crippen LogP contribution in [0.5, 0.6) is 0 Å². The molecular weight excluding hydrogens is 224 g/mol. The Hall–Kier alpha value is -0.570. The van der Waals surface area contributed by atoms with E-state index in [2.05, 4.69) is 5.32 Å². The summed E-state index contributed by atoms with van der Waals surface area (Å²) in [5.41, 5.74) is 0. The fourth-order valence-corrected chi connectivity index (χ4v) is 5.04. The molecule has 1 N–H and O–H groups in total. The quantitative estimate of drug-likeness (QED) is 0.824. The van der Waals surface area contributed by atoms with E-state index >= 15 is 0 Å². The van der Waals surface area contributed by atoms with E-state index < -0.39 is 0 Å². The van der Waals surface area contributed by atoms with Gasteiger partial charge in [-0.1, -0.05) is 0 Å². The van der Waals surface area contributed by atoms with Crippen molar-refractivity contribution in [1.82, 2.24) is 10.2 Å². The molecule has 18 heavy (non-hydrogen) atoms. The molecule has 0 aromatic carbocycles. The zero-order chi connectivity index (χ0) is 12.7. The second-order valence-electron chi connectivity index (χ2n) is 6.90. The average molecular weight is 250 g/mol. The molecular formula is C15H26N2O. The lowest BCUT2D eigenvalue weighted by molar-refractivity contribution is -0.131. The van der Waals surface area contributed by atoms with E-state index in [0.29, 0.717) is 6.54 Å². The Bertz CT molecular complexity index is 300. The van der Waals surface area contributed by atoms with Gasteiger partial charge in [-0.15, -0.1) is 0 Å². The lowest BCUT2D eigenvalue weighted by Crippen LogP contribution is -2.50. The highest BCUT2D eigenvalue weighted by atomic mass is 16.2. The molecule has 0 aromatic rings. The van der Waals surface area contributed by atoms with Crippen LogP contribution in [0.4, 0.5) is 0 Å². The Labute approximate surface area is 110 Å². The van der Waals surface area contributed by atoms with Crippen molar-refractivity contribution in [1.29, 1.82) is 0 Å². The predicted octanol–water partition coefficient (Wildman–Crippen LogP) is 1.74. The van der Waals surface area contributed by atoms with E-state index in [1.54, 1.807) is 0 Å². The second-order valence-corrected chi connectivity index (χ2v) is 6.90. The van der Waals surface area contributed by atoms with Gasteiger partial charge in [-0.2, -0.15) is 0 Å². The molecule has 3 heteroatoms. The Morgan fingerprint density at radius 1 is 1.11 bits per heavy atom. The van der Waals surface area contributed by atoms with Crippen LogP contribution in [0.15, 0.2) is 0 Å². The van der Waals surface area contributed by atoms with Gasteiger partial charge in [0, 0.05) is 13.6 Å². The molecule has 0 saturated heterocycles. The van der Waals surface area contributed by atoms with Crippen LogP contribution in [0, 0.1) is 29.6 Å². The first-order valence-corrected chi connectivity index (χ1v) is 7.56. The topological polar surface area (TPSA) is 32.3 Å². The maximum Gasteiger partial charge on any atom is 0.236 e. The molecule has 4 fully saturated rings. The Balaban J connectivity index is 1.61. The summed E-state index contributed by atoms with van der Waals surface area (Å²) in [7, 11) is 3.82.